The number of hydrogen-bond acceptors (Lipinski definition) is 3. The van der Waals surface area contributed by atoms with Gasteiger partial charge in [0.1, 0.15) is 0 Å². The molecule has 0 radical (unpaired) electrons. The van der Waals surface area contributed by atoms with Crippen LogP contribution in [0.15, 0.2) is 24.5 Å². The van der Waals surface area contributed by atoms with Gasteiger partial charge in [0, 0.05) is 31.2 Å². The van der Waals surface area contributed by atoms with Gasteiger partial charge < -0.3 is 0 Å². The predicted molar refractivity (Wildman–Crippen MR) is 77.0 cm³/mol. The predicted octanol–water partition coefficient (Wildman–Crippen LogP) is 3.04. The van der Waals surface area contributed by atoms with E-state index in [4.69, 9.17) is 11.6 Å². The summed E-state index contributed by atoms with van der Waals surface area (Å²) in [5.41, 5.74) is 3.36. The standard InChI is InChI=1S/C14H19ClN4/c1-3-4-12-7-13(18-17-12)10-19(2)9-11-5-6-16-8-14(11)15/h5-8H,3-4,9-10H2,1-2H3,(H,17,18). The van der Waals surface area contributed by atoms with Gasteiger partial charge in [-0.2, -0.15) is 5.10 Å². The van der Waals surface area contributed by atoms with Crippen molar-refractivity contribution in [2.24, 2.45) is 0 Å². The molecular formula is C14H19ClN4. The molecule has 0 aliphatic rings. The monoisotopic (exact) mass is 278 g/mol. The Hall–Kier alpha value is -1.39. The molecule has 0 spiro atoms. The van der Waals surface area contributed by atoms with Crippen LogP contribution in [0.5, 0.6) is 0 Å². The highest BCUT2D eigenvalue weighted by Crippen LogP contribution is 2.16. The van der Waals surface area contributed by atoms with Crippen LogP contribution in [0.3, 0.4) is 0 Å². The first-order chi connectivity index (χ1) is 9.19. The van der Waals surface area contributed by atoms with Crippen LogP contribution < -0.4 is 0 Å². The van der Waals surface area contributed by atoms with Gasteiger partial charge in [0.2, 0.25) is 0 Å². The van der Waals surface area contributed by atoms with Gasteiger partial charge in [-0.3, -0.25) is 15.0 Å². The van der Waals surface area contributed by atoms with Crippen LogP contribution in [-0.4, -0.2) is 27.1 Å². The molecule has 102 valence electrons. The molecule has 2 aromatic rings. The molecule has 0 aliphatic heterocycles. The van der Waals surface area contributed by atoms with Gasteiger partial charge in [-0.05, 0) is 31.2 Å². The number of aryl methyl sites for hydroxylation is 1. The summed E-state index contributed by atoms with van der Waals surface area (Å²) in [7, 11) is 2.07. The average molecular weight is 279 g/mol. The van der Waals surface area contributed by atoms with Gasteiger partial charge in [0.25, 0.3) is 0 Å². The Bertz CT molecular complexity index is 524. The highest BCUT2D eigenvalue weighted by atomic mass is 35.5. The average Bonchev–Trinajstić information content (AvgIpc) is 2.80. The molecule has 2 heterocycles. The molecule has 0 fully saturated rings. The van der Waals surface area contributed by atoms with E-state index in [1.807, 2.05) is 6.07 Å². The Morgan fingerprint density at radius 3 is 2.95 bits per heavy atom. The number of pyridine rings is 1. The van der Waals surface area contributed by atoms with E-state index >= 15 is 0 Å². The maximum Gasteiger partial charge on any atom is 0.0634 e. The van der Waals surface area contributed by atoms with E-state index in [2.05, 4.69) is 40.1 Å². The molecule has 0 amide bonds. The zero-order chi connectivity index (χ0) is 13.7. The van der Waals surface area contributed by atoms with Gasteiger partial charge in [0.15, 0.2) is 0 Å². The van der Waals surface area contributed by atoms with Crippen LogP contribution in [-0.2, 0) is 19.5 Å². The molecule has 2 aromatic heterocycles. The van der Waals surface area contributed by atoms with Gasteiger partial charge >= 0.3 is 0 Å². The summed E-state index contributed by atoms with van der Waals surface area (Å²) in [6.45, 7) is 3.78. The second kappa shape index (κ2) is 6.68. The summed E-state index contributed by atoms with van der Waals surface area (Å²) >= 11 is 6.11. The molecule has 4 nitrogen and oxygen atoms in total. The van der Waals surface area contributed by atoms with E-state index in [0.717, 1.165) is 42.9 Å². The number of aromatic nitrogens is 3. The van der Waals surface area contributed by atoms with Crippen molar-refractivity contribution in [2.75, 3.05) is 7.05 Å². The van der Waals surface area contributed by atoms with Crippen molar-refractivity contribution in [2.45, 2.75) is 32.9 Å². The molecule has 0 unspecified atom stereocenters. The summed E-state index contributed by atoms with van der Waals surface area (Å²) in [6, 6.07) is 4.09. The molecule has 0 saturated carbocycles. The van der Waals surface area contributed by atoms with Crippen molar-refractivity contribution in [3.05, 3.63) is 46.5 Å². The molecule has 19 heavy (non-hydrogen) atoms. The lowest BCUT2D eigenvalue weighted by molar-refractivity contribution is 0.315. The third kappa shape index (κ3) is 4.04. The fourth-order valence-electron chi connectivity index (χ4n) is 2.04. The first-order valence-corrected chi connectivity index (χ1v) is 6.87. The number of halogens is 1. The molecule has 0 bridgehead atoms. The third-order valence-corrected chi connectivity index (χ3v) is 3.27. The zero-order valence-electron chi connectivity index (χ0n) is 11.4. The minimum Gasteiger partial charge on any atom is -0.296 e. The Balaban J connectivity index is 1.93. The van der Waals surface area contributed by atoms with Crippen LogP contribution in [0, 0.1) is 0 Å². The maximum absolute atomic E-state index is 6.11. The second-order valence-corrected chi connectivity index (χ2v) is 5.18. The van der Waals surface area contributed by atoms with Gasteiger partial charge in [-0.25, -0.2) is 0 Å². The fraction of sp³-hybridized carbons (Fsp3) is 0.429. The minimum atomic E-state index is 0.714. The van der Waals surface area contributed by atoms with Crippen LogP contribution in [0.1, 0.15) is 30.3 Å². The van der Waals surface area contributed by atoms with Gasteiger partial charge in [0.05, 0.1) is 10.7 Å². The van der Waals surface area contributed by atoms with E-state index in [-0.39, 0.29) is 0 Å². The Morgan fingerprint density at radius 2 is 2.21 bits per heavy atom. The summed E-state index contributed by atoms with van der Waals surface area (Å²) < 4.78 is 0. The Morgan fingerprint density at radius 1 is 1.37 bits per heavy atom. The molecule has 0 aliphatic carbocycles. The van der Waals surface area contributed by atoms with Crippen molar-refractivity contribution in [1.82, 2.24) is 20.1 Å². The second-order valence-electron chi connectivity index (χ2n) is 4.77. The number of nitrogens with zero attached hydrogens (tertiary/aromatic N) is 3. The zero-order valence-corrected chi connectivity index (χ0v) is 12.1. The van der Waals surface area contributed by atoms with Crippen molar-refractivity contribution >= 4 is 11.6 Å². The lowest BCUT2D eigenvalue weighted by atomic mass is 10.2. The fourth-order valence-corrected chi connectivity index (χ4v) is 2.22. The van der Waals surface area contributed by atoms with Crippen LogP contribution in [0.25, 0.3) is 0 Å². The Labute approximate surface area is 118 Å². The molecule has 1 N–H and O–H groups in total. The lowest BCUT2D eigenvalue weighted by Gasteiger charge is -2.16. The number of rotatable bonds is 6. The van der Waals surface area contributed by atoms with Crippen molar-refractivity contribution in [1.29, 1.82) is 0 Å². The lowest BCUT2D eigenvalue weighted by Crippen LogP contribution is -2.17. The Kier molecular flexibility index (Phi) is 4.93. The topological polar surface area (TPSA) is 44.8 Å². The molecule has 2 rings (SSSR count). The highest BCUT2D eigenvalue weighted by Gasteiger charge is 2.07. The SMILES string of the molecule is CCCc1cc(CN(C)Cc2ccncc2Cl)[nH]n1. The minimum absolute atomic E-state index is 0.714. The summed E-state index contributed by atoms with van der Waals surface area (Å²) in [4.78, 5) is 6.19. The summed E-state index contributed by atoms with van der Waals surface area (Å²) in [5, 5.41) is 8.09. The number of aromatic amines is 1. The van der Waals surface area contributed by atoms with Crippen molar-refractivity contribution in [3.8, 4) is 0 Å². The molecule has 0 saturated heterocycles. The molecular weight excluding hydrogens is 260 g/mol. The smallest absolute Gasteiger partial charge is 0.0634 e. The molecule has 5 heteroatoms. The van der Waals surface area contributed by atoms with E-state index in [0.29, 0.717) is 5.02 Å². The number of nitrogens with one attached hydrogen (secondary N) is 1. The first-order valence-electron chi connectivity index (χ1n) is 6.49. The summed E-state index contributed by atoms with van der Waals surface area (Å²) in [6.07, 6.45) is 5.59. The molecule has 0 aromatic carbocycles. The van der Waals surface area contributed by atoms with Gasteiger partial charge in [-0.1, -0.05) is 24.9 Å². The molecule has 0 atom stereocenters. The van der Waals surface area contributed by atoms with Crippen molar-refractivity contribution < 1.29 is 0 Å². The third-order valence-electron chi connectivity index (χ3n) is 2.93. The van der Waals surface area contributed by atoms with Crippen LogP contribution in [0.4, 0.5) is 0 Å². The first kappa shape index (κ1) is 14.0. The number of hydrogen-bond donors (Lipinski definition) is 1. The largest absolute Gasteiger partial charge is 0.296 e. The highest BCUT2D eigenvalue weighted by molar-refractivity contribution is 6.31. The van der Waals surface area contributed by atoms with Gasteiger partial charge in [-0.15, -0.1) is 0 Å². The number of H-pyrrole nitrogens is 1. The summed E-state index contributed by atoms with van der Waals surface area (Å²) in [5.74, 6) is 0. The van der Waals surface area contributed by atoms with Crippen LogP contribution >= 0.6 is 11.6 Å². The van der Waals surface area contributed by atoms with E-state index in [9.17, 15) is 0 Å². The normalized spacial score (nSPS) is 11.2. The van der Waals surface area contributed by atoms with E-state index in [1.54, 1.807) is 12.4 Å². The maximum atomic E-state index is 6.11. The van der Waals surface area contributed by atoms with E-state index in [1.165, 1.54) is 0 Å². The quantitative estimate of drug-likeness (QED) is 0.883. The van der Waals surface area contributed by atoms with E-state index < -0.39 is 0 Å². The van der Waals surface area contributed by atoms with Crippen LogP contribution in [0.2, 0.25) is 5.02 Å². The van der Waals surface area contributed by atoms with Crippen molar-refractivity contribution in [3.63, 3.8) is 0 Å².